The summed E-state index contributed by atoms with van der Waals surface area (Å²) in [7, 11) is 0. The van der Waals surface area contributed by atoms with Gasteiger partial charge in [0.2, 0.25) is 0 Å². The highest BCUT2D eigenvalue weighted by Crippen LogP contribution is 2.35. The summed E-state index contributed by atoms with van der Waals surface area (Å²) in [4.78, 5) is 0. The van der Waals surface area contributed by atoms with Crippen molar-refractivity contribution in [3.05, 3.63) is 22.7 Å². The molecule has 0 spiro atoms. The van der Waals surface area contributed by atoms with Gasteiger partial charge in [-0.1, -0.05) is 23.5 Å². The highest BCUT2D eigenvalue weighted by atomic mass is 35.5. The van der Waals surface area contributed by atoms with Gasteiger partial charge in [-0.2, -0.15) is 5.26 Å². The monoisotopic (exact) mass is 282 g/mol. The van der Waals surface area contributed by atoms with E-state index in [0.717, 1.165) is 24.3 Å². The molecule has 0 radical (unpaired) electrons. The summed E-state index contributed by atoms with van der Waals surface area (Å²) >= 11 is 7.52. The van der Waals surface area contributed by atoms with Crippen molar-refractivity contribution < 1.29 is 4.74 Å². The number of halogens is 1. The molecule has 1 aromatic rings. The van der Waals surface area contributed by atoms with Crippen molar-refractivity contribution in [3.63, 3.8) is 0 Å². The van der Waals surface area contributed by atoms with Gasteiger partial charge < -0.3 is 9.46 Å². The normalized spacial score (nSPS) is 15.4. The van der Waals surface area contributed by atoms with Gasteiger partial charge in [0.25, 0.3) is 0 Å². The molecule has 1 aliphatic rings. The van der Waals surface area contributed by atoms with Gasteiger partial charge in [-0.25, -0.2) is 0 Å². The first-order chi connectivity index (χ1) is 8.74. The van der Waals surface area contributed by atoms with E-state index in [2.05, 4.69) is 10.8 Å². The Morgan fingerprint density at radius 2 is 2.17 bits per heavy atom. The van der Waals surface area contributed by atoms with E-state index in [9.17, 15) is 0 Å². The summed E-state index contributed by atoms with van der Waals surface area (Å²) in [6, 6.07) is 5.55. The van der Waals surface area contributed by atoms with Crippen molar-refractivity contribution in [1.82, 2.24) is 0 Å². The molecule has 1 aromatic carbocycles. The van der Waals surface area contributed by atoms with Crippen molar-refractivity contribution in [2.45, 2.75) is 31.8 Å². The number of ether oxygens (including phenoxy) is 1. The highest BCUT2D eigenvalue weighted by molar-refractivity contribution is 7.99. The maximum Gasteiger partial charge on any atom is 0.145 e. The summed E-state index contributed by atoms with van der Waals surface area (Å²) < 4.78 is 9.10. The molecule has 3 nitrogen and oxygen atoms in total. The summed E-state index contributed by atoms with van der Waals surface area (Å²) in [5.74, 6) is 0.736. The van der Waals surface area contributed by atoms with Crippen LogP contribution in [0.15, 0.2) is 12.1 Å². The van der Waals surface area contributed by atoms with Crippen LogP contribution in [-0.2, 0) is 0 Å². The fourth-order valence-corrected chi connectivity index (χ4v) is 2.69. The molecule has 0 atom stereocenters. The Morgan fingerprint density at radius 1 is 1.44 bits per heavy atom. The minimum absolute atomic E-state index is 0.274. The zero-order valence-electron chi connectivity index (χ0n) is 10.2. The van der Waals surface area contributed by atoms with E-state index in [-0.39, 0.29) is 6.10 Å². The number of hydrogen-bond donors (Lipinski definition) is 1. The average Bonchev–Trinajstić information content (AvgIpc) is 2.85. The molecule has 1 N–H and O–H groups in total. The molecule has 1 aliphatic carbocycles. The van der Waals surface area contributed by atoms with Gasteiger partial charge in [0.05, 0.1) is 22.4 Å². The smallest absolute Gasteiger partial charge is 0.145 e. The summed E-state index contributed by atoms with van der Waals surface area (Å²) in [6.07, 6.45) is 6.84. The lowest BCUT2D eigenvalue weighted by molar-refractivity contribution is 0.211. The second kappa shape index (κ2) is 6.21. The third-order valence-corrected chi connectivity index (χ3v) is 3.73. The van der Waals surface area contributed by atoms with Crippen LogP contribution in [0, 0.1) is 11.3 Å². The third kappa shape index (κ3) is 3.04. The predicted octanol–water partition coefficient (Wildman–Crippen LogP) is 4.22. The van der Waals surface area contributed by atoms with E-state index in [1.807, 2.05) is 6.26 Å². The average molecular weight is 283 g/mol. The van der Waals surface area contributed by atoms with Crippen LogP contribution in [0.4, 0.5) is 5.69 Å². The van der Waals surface area contributed by atoms with Gasteiger partial charge >= 0.3 is 0 Å². The quantitative estimate of drug-likeness (QED) is 0.840. The highest BCUT2D eigenvalue weighted by Gasteiger charge is 2.19. The molecule has 96 valence electrons. The zero-order valence-corrected chi connectivity index (χ0v) is 11.8. The largest absolute Gasteiger partial charge is 0.488 e. The topological polar surface area (TPSA) is 45.0 Å². The number of benzene rings is 1. The maximum absolute atomic E-state index is 8.98. The zero-order chi connectivity index (χ0) is 13.0. The summed E-state index contributed by atoms with van der Waals surface area (Å²) in [5, 5.41) is 9.42. The number of rotatable bonds is 4. The van der Waals surface area contributed by atoms with Crippen molar-refractivity contribution in [3.8, 4) is 11.8 Å². The Morgan fingerprint density at radius 3 is 2.78 bits per heavy atom. The van der Waals surface area contributed by atoms with E-state index in [4.69, 9.17) is 21.6 Å². The number of nitrogens with one attached hydrogen (secondary N) is 1. The molecule has 0 aliphatic heterocycles. The molecular formula is C13H15ClN2OS. The Balaban J connectivity index is 2.26. The summed E-state index contributed by atoms with van der Waals surface area (Å²) in [6.45, 7) is 0. The Kier molecular flexibility index (Phi) is 4.62. The number of nitriles is 1. The lowest BCUT2D eigenvalue weighted by Gasteiger charge is -2.17. The van der Waals surface area contributed by atoms with Gasteiger partial charge in [-0.15, -0.1) is 0 Å². The molecule has 1 fully saturated rings. The predicted molar refractivity (Wildman–Crippen MR) is 76.2 cm³/mol. The van der Waals surface area contributed by atoms with Crippen molar-refractivity contribution in [2.24, 2.45) is 0 Å². The molecule has 0 saturated heterocycles. The lowest BCUT2D eigenvalue weighted by Crippen LogP contribution is -2.12. The first-order valence-corrected chi connectivity index (χ1v) is 7.54. The van der Waals surface area contributed by atoms with E-state index in [0.29, 0.717) is 10.6 Å². The third-order valence-electron chi connectivity index (χ3n) is 3.00. The second-order valence-corrected chi connectivity index (χ2v) is 5.29. The van der Waals surface area contributed by atoms with Crippen LogP contribution in [0.25, 0.3) is 0 Å². The van der Waals surface area contributed by atoms with Crippen LogP contribution < -0.4 is 9.46 Å². The van der Waals surface area contributed by atoms with E-state index >= 15 is 0 Å². The van der Waals surface area contributed by atoms with Crippen LogP contribution in [0.1, 0.15) is 31.2 Å². The van der Waals surface area contributed by atoms with Gasteiger partial charge in [-0.05, 0) is 31.7 Å². The van der Waals surface area contributed by atoms with E-state index in [1.165, 1.54) is 24.8 Å². The minimum Gasteiger partial charge on any atom is -0.488 e. The van der Waals surface area contributed by atoms with Gasteiger partial charge in [-0.3, -0.25) is 0 Å². The first kappa shape index (κ1) is 13.4. The van der Waals surface area contributed by atoms with Crippen molar-refractivity contribution in [1.29, 1.82) is 5.26 Å². The molecular weight excluding hydrogens is 268 g/mol. The molecule has 0 heterocycles. The van der Waals surface area contributed by atoms with E-state index in [1.54, 1.807) is 12.1 Å². The van der Waals surface area contributed by atoms with Crippen LogP contribution in [0.2, 0.25) is 5.02 Å². The molecule has 0 aromatic heterocycles. The Hall–Kier alpha value is -1.05. The summed E-state index contributed by atoms with van der Waals surface area (Å²) in [5.41, 5.74) is 1.28. The number of hydrogen-bond acceptors (Lipinski definition) is 4. The lowest BCUT2D eigenvalue weighted by atomic mass is 10.2. The molecule has 5 heteroatoms. The number of nitrogens with zero attached hydrogens (tertiary/aromatic N) is 1. The van der Waals surface area contributed by atoms with Crippen molar-refractivity contribution >= 4 is 29.2 Å². The van der Waals surface area contributed by atoms with Crippen LogP contribution in [-0.4, -0.2) is 12.4 Å². The van der Waals surface area contributed by atoms with E-state index < -0.39 is 0 Å². The van der Waals surface area contributed by atoms with Gasteiger partial charge in [0, 0.05) is 12.3 Å². The Bertz CT molecular complexity index is 467. The van der Waals surface area contributed by atoms with Crippen molar-refractivity contribution in [2.75, 3.05) is 11.0 Å². The number of anilines is 1. The fraction of sp³-hybridized carbons (Fsp3) is 0.462. The maximum atomic E-state index is 8.98. The fourth-order valence-electron chi connectivity index (χ4n) is 2.11. The first-order valence-electron chi connectivity index (χ1n) is 5.94. The Labute approximate surface area is 117 Å². The van der Waals surface area contributed by atoms with Crippen LogP contribution in [0.3, 0.4) is 0 Å². The molecule has 0 bridgehead atoms. The molecule has 18 heavy (non-hydrogen) atoms. The molecule has 2 rings (SSSR count). The van der Waals surface area contributed by atoms with Gasteiger partial charge in [0.15, 0.2) is 0 Å². The molecule has 0 unspecified atom stereocenters. The van der Waals surface area contributed by atoms with Crippen LogP contribution in [0.5, 0.6) is 5.75 Å². The molecule has 0 amide bonds. The van der Waals surface area contributed by atoms with Gasteiger partial charge in [0.1, 0.15) is 11.8 Å². The van der Waals surface area contributed by atoms with Crippen LogP contribution >= 0.6 is 23.5 Å². The minimum atomic E-state index is 0.274. The standard InChI is InChI=1S/C13H15ClN2OS/c1-18-16-12-6-9(8-15)11(14)7-13(12)17-10-4-2-3-5-10/h6-7,10,16H,2-5H2,1H3. The SMILES string of the molecule is CSNc1cc(C#N)c(Cl)cc1OC1CCCC1. The molecule has 1 saturated carbocycles. The second-order valence-electron chi connectivity index (χ2n) is 4.27.